The Morgan fingerprint density at radius 1 is 0.361 bits per heavy atom. The summed E-state index contributed by atoms with van der Waals surface area (Å²) in [6, 6.07) is 83.7. The average Bonchev–Trinajstić information content (AvgIpc) is 3.80. The van der Waals surface area contributed by atoms with Crippen LogP contribution in [0, 0.1) is 0 Å². The van der Waals surface area contributed by atoms with Crippen LogP contribution in [0.25, 0.3) is 72.4 Å². The molecule has 0 bridgehead atoms. The Kier molecular flexibility index (Phi) is 8.86. The Balaban J connectivity index is 0.916. The van der Waals surface area contributed by atoms with E-state index in [1.54, 1.807) is 0 Å². The van der Waals surface area contributed by atoms with Crippen molar-refractivity contribution in [3.05, 3.63) is 242 Å². The van der Waals surface area contributed by atoms with E-state index in [0.717, 1.165) is 17.1 Å². The second-order valence-electron chi connectivity index (χ2n) is 16.6. The van der Waals surface area contributed by atoms with Crippen LogP contribution in [0.5, 0.6) is 0 Å². The number of rotatable bonds is 8. The van der Waals surface area contributed by atoms with Crippen LogP contribution in [0.2, 0.25) is 0 Å². The number of aromatic nitrogens is 1. The summed E-state index contributed by atoms with van der Waals surface area (Å²) in [7, 11) is 0. The molecular weight excluding hydrogens is 737 g/mol. The Bertz CT molecular complexity index is 3060. The fraction of sp³-hybridized carbons (Fsp3) is 0.0508. The van der Waals surface area contributed by atoms with E-state index in [2.05, 4.69) is 254 Å². The zero-order valence-electron chi connectivity index (χ0n) is 34.3. The third kappa shape index (κ3) is 6.36. The van der Waals surface area contributed by atoms with Crippen LogP contribution in [0.3, 0.4) is 0 Å². The summed E-state index contributed by atoms with van der Waals surface area (Å²) >= 11 is 0. The van der Waals surface area contributed by atoms with Crippen molar-refractivity contribution in [1.29, 1.82) is 0 Å². The van der Waals surface area contributed by atoms with E-state index in [-0.39, 0.29) is 5.41 Å². The number of hydrogen-bond acceptors (Lipinski definition) is 1. The van der Waals surface area contributed by atoms with Gasteiger partial charge in [0.1, 0.15) is 0 Å². The van der Waals surface area contributed by atoms with E-state index in [1.807, 2.05) is 0 Å². The minimum absolute atomic E-state index is 0.119. The summed E-state index contributed by atoms with van der Waals surface area (Å²) in [6.45, 7) is 4.75. The van der Waals surface area contributed by atoms with Crippen LogP contribution < -0.4 is 4.90 Å². The first kappa shape index (κ1) is 36.4. The fourth-order valence-electron chi connectivity index (χ4n) is 9.54. The number of nitrogens with zero attached hydrogens (tertiary/aromatic N) is 2. The molecule has 0 amide bonds. The van der Waals surface area contributed by atoms with Gasteiger partial charge in [0.2, 0.25) is 0 Å². The molecule has 0 atom stereocenters. The molecule has 1 aliphatic carbocycles. The van der Waals surface area contributed by atoms with E-state index in [4.69, 9.17) is 0 Å². The molecule has 0 unspecified atom stereocenters. The highest BCUT2D eigenvalue weighted by molar-refractivity contribution is 6.00. The normalized spacial score (nSPS) is 12.6. The van der Waals surface area contributed by atoms with Crippen molar-refractivity contribution < 1.29 is 0 Å². The predicted octanol–water partition coefficient (Wildman–Crippen LogP) is 16.1. The summed E-state index contributed by atoms with van der Waals surface area (Å²) < 4.78 is 2.47. The smallest absolute Gasteiger partial charge is 0.0585 e. The molecule has 0 saturated heterocycles. The molecule has 1 heterocycles. The molecule has 61 heavy (non-hydrogen) atoms. The maximum absolute atomic E-state index is 2.47. The highest BCUT2D eigenvalue weighted by atomic mass is 15.1. The average molecular weight is 781 g/mol. The van der Waals surface area contributed by atoms with Crippen molar-refractivity contribution >= 4 is 28.0 Å². The molecule has 2 heteroatoms. The van der Waals surface area contributed by atoms with Crippen molar-refractivity contribution in [2.75, 3.05) is 4.90 Å². The molecular formula is C59H44N2. The van der Waals surface area contributed by atoms with Crippen LogP contribution >= 0.6 is 0 Å². The predicted molar refractivity (Wildman–Crippen MR) is 257 cm³/mol. The molecule has 0 N–H and O–H groups in total. The molecule has 0 saturated carbocycles. The lowest BCUT2D eigenvalue weighted by molar-refractivity contribution is 0.666. The highest BCUT2D eigenvalue weighted by Gasteiger charge is 2.40. The van der Waals surface area contributed by atoms with Crippen LogP contribution in [0.1, 0.15) is 25.0 Å². The molecule has 2 nitrogen and oxygen atoms in total. The first-order valence-corrected chi connectivity index (χ1v) is 21.2. The van der Waals surface area contributed by atoms with Gasteiger partial charge in [-0.1, -0.05) is 184 Å². The van der Waals surface area contributed by atoms with Crippen molar-refractivity contribution in [2.45, 2.75) is 19.3 Å². The molecule has 11 rings (SSSR count). The zero-order chi connectivity index (χ0) is 40.9. The van der Waals surface area contributed by atoms with E-state index >= 15 is 0 Å². The van der Waals surface area contributed by atoms with Gasteiger partial charge in [0, 0.05) is 39.1 Å². The van der Waals surface area contributed by atoms with E-state index in [0.29, 0.717) is 0 Å². The number of para-hydroxylation sites is 2. The molecule has 290 valence electrons. The first-order chi connectivity index (χ1) is 30.0. The van der Waals surface area contributed by atoms with Crippen molar-refractivity contribution in [2.24, 2.45) is 0 Å². The van der Waals surface area contributed by atoms with Gasteiger partial charge >= 0.3 is 0 Å². The van der Waals surface area contributed by atoms with E-state index in [9.17, 15) is 0 Å². The maximum Gasteiger partial charge on any atom is 0.0585 e. The molecule has 0 fully saturated rings. The van der Waals surface area contributed by atoms with Gasteiger partial charge in [-0.25, -0.2) is 0 Å². The quantitative estimate of drug-likeness (QED) is 0.149. The SMILES string of the molecule is CC1(C)c2ccc(-c3ccc(-c4ccc(N(c5ccc(-c6ccccc6)cc5)c5ccc(-c6ccccc6)cc5)cc4)cc3)cc2-c2c1c1ccccc1n2-c1ccccc1. The lowest BCUT2D eigenvalue weighted by Gasteiger charge is -2.26. The van der Waals surface area contributed by atoms with Gasteiger partial charge in [-0.2, -0.15) is 0 Å². The van der Waals surface area contributed by atoms with Crippen molar-refractivity contribution in [3.8, 4) is 61.5 Å². The first-order valence-electron chi connectivity index (χ1n) is 21.2. The van der Waals surface area contributed by atoms with Crippen molar-refractivity contribution in [3.63, 3.8) is 0 Å². The summed E-state index contributed by atoms with van der Waals surface area (Å²) in [6.07, 6.45) is 0. The molecule has 0 spiro atoms. The number of anilines is 3. The fourth-order valence-corrected chi connectivity index (χ4v) is 9.54. The van der Waals surface area contributed by atoms with Gasteiger partial charge in [-0.15, -0.1) is 0 Å². The largest absolute Gasteiger partial charge is 0.311 e. The summed E-state index contributed by atoms with van der Waals surface area (Å²) in [5.74, 6) is 0. The molecule has 0 radical (unpaired) electrons. The van der Waals surface area contributed by atoms with E-state index in [1.165, 1.54) is 83.5 Å². The highest BCUT2D eigenvalue weighted by Crippen LogP contribution is 2.54. The van der Waals surface area contributed by atoms with Crippen molar-refractivity contribution in [1.82, 2.24) is 4.57 Å². The molecule has 9 aromatic carbocycles. The minimum Gasteiger partial charge on any atom is -0.311 e. The second-order valence-corrected chi connectivity index (χ2v) is 16.6. The Labute approximate surface area is 358 Å². The number of fused-ring (bicyclic) bond motifs is 5. The minimum atomic E-state index is -0.119. The molecule has 1 aromatic heterocycles. The summed E-state index contributed by atoms with van der Waals surface area (Å²) in [5, 5.41) is 1.32. The number of benzene rings is 9. The van der Waals surface area contributed by atoms with Gasteiger partial charge in [-0.05, 0) is 116 Å². The summed E-state index contributed by atoms with van der Waals surface area (Å²) in [5.41, 5.74) is 20.7. The lowest BCUT2D eigenvalue weighted by Crippen LogP contribution is -2.14. The summed E-state index contributed by atoms with van der Waals surface area (Å²) in [4.78, 5) is 2.34. The van der Waals surface area contributed by atoms with E-state index < -0.39 is 0 Å². The third-order valence-electron chi connectivity index (χ3n) is 12.6. The lowest BCUT2D eigenvalue weighted by atomic mass is 9.81. The third-order valence-corrected chi connectivity index (χ3v) is 12.6. The molecule has 0 aliphatic heterocycles. The number of hydrogen-bond donors (Lipinski definition) is 0. The topological polar surface area (TPSA) is 8.17 Å². The Hall–Kier alpha value is -7.68. The van der Waals surface area contributed by atoms with Gasteiger partial charge in [-0.3, -0.25) is 0 Å². The van der Waals surface area contributed by atoms with Gasteiger partial charge in [0.15, 0.2) is 0 Å². The van der Waals surface area contributed by atoms with Gasteiger partial charge in [0.25, 0.3) is 0 Å². The van der Waals surface area contributed by atoms with Crippen LogP contribution in [-0.4, -0.2) is 4.57 Å². The second kappa shape index (κ2) is 14.9. The Morgan fingerprint density at radius 3 is 1.23 bits per heavy atom. The van der Waals surface area contributed by atoms with Crippen LogP contribution in [-0.2, 0) is 5.41 Å². The van der Waals surface area contributed by atoms with Crippen LogP contribution in [0.15, 0.2) is 231 Å². The Morgan fingerprint density at radius 2 is 0.738 bits per heavy atom. The van der Waals surface area contributed by atoms with Gasteiger partial charge in [0.05, 0.1) is 11.2 Å². The monoisotopic (exact) mass is 780 g/mol. The van der Waals surface area contributed by atoms with Gasteiger partial charge < -0.3 is 9.47 Å². The zero-order valence-corrected chi connectivity index (χ0v) is 34.3. The molecule has 1 aliphatic rings. The molecule has 10 aromatic rings. The maximum atomic E-state index is 2.47. The standard InChI is InChI=1S/C59H44N2/c1-59(2)55-39-32-48(40-54(55)58-57(59)53-20-12-13-21-56(53)61(58)49-18-10-5-11-19-49)47-24-22-43(23-25-47)46-30-37-52(38-31-46)60(50-33-26-44(27-34-50)41-14-6-3-7-15-41)51-35-28-45(29-36-51)42-16-8-4-9-17-42/h3-40H,1-2H3. The van der Waals surface area contributed by atoms with Crippen LogP contribution in [0.4, 0.5) is 17.1 Å².